The lowest BCUT2D eigenvalue weighted by molar-refractivity contribution is 0.429. The molecule has 1 saturated carbocycles. The van der Waals surface area contributed by atoms with E-state index in [9.17, 15) is 0 Å². The zero-order valence-corrected chi connectivity index (χ0v) is 12.8. The Hall–Kier alpha value is -0.280. The van der Waals surface area contributed by atoms with E-state index < -0.39 is 0 Å². The van der Waals surface area contributed by atoms with Crippen molar-refractivity contribution < 1.29 is 0 Å². The Labute approximate surface area is 122 Å². The van der Waals surface area contributed by atoms with E-state index in [4.69, 9.17) is 11.6 Å². The Balaban J connectivity index is 1.85. The smallest absolute Gasteiger partial charge is 0.147 e. The summed E-state index contributed by atoms with van der Waals surface area (Å²) in [4.78, 5) is 6.98. The molecule has 0 spiro atoms. The fourth-order valence-electron chi connectivity index (χ4n) is 3.51. The van der Waals surface area contributed by atoms with Crippen LogP contribution in [-0.4, -0.2) is 17.6 Å². The van der Waals surface area contributed by atoms with E-state index in [0.717, 1.165) is 27.8 Å². The highest BCUT2D eigenvalue weighted by molar-refractivity contribution is 9.10. The van der Waals surface area contributed by atoms with Crippen LogP contribution in [0.25, 0.3) is 0 Å². The summed E-state index contributed by atoms with van der Waals surface area (Å²) in [5.41, 5.74) is 0. The van der Waals surface area contributed by atoms with Gasteiger partial charge < -0.3 is 4.90 Å². The number of rotatable bonds is 2. The predicted molar refractivity (Wildman–Crippen MR) is 79.3 cm³/mol. The molecule has 2 heterocycles. The van der Waals surface area contributed by atoms with Crippen LogP contribution in [0.4, 0.5) is 5.82 Å². The first kappa shape index (κ1) is 12.7. The summed E-state index contributed by atoms with van der Waals surface area (Å²) in [5, 5.41) is 0.772. The standard InChI is InChI=1S/C14H18BrClN2/c15-11-8-12(16)14(17-9-11)18-7-3-6-13(18)10-4-1-2-5-10/h8-10,13H,1-7H2. The van der Waals surface area contributed by atoms with Gasteiger partial charge in [0.2, 0.25) is 0 Å². The van der Waals surface area contributed by atoms with Gasteiger partial charge in [0.05, 0.1) is 5.02 Å². The Morgan fingerprint density at radius 2 is 2.00 bits per heavy atom. The normalized spacial score (nSPS) is 25.0. The second kappa shape index (κ2) is 5.38. The summed E-state index contributed by atoms with van der Waals surface area (Å²) >= 11 is 9.77. The molecule has 0 bridgehead atoms. The molecule has 1 saturated heterocycles. The molecule has 2 aliphatic rings. The highest BCUT2D eigenvalue weighted by atomic mass is 79.9. The van der Waals surface area contributed by atoms with E-state index >= 15 is 0 Å². The van der Waals surface area contributed by atoms with Crippen LogP contribution in [0.15, 0.2) is 16.7 Å². The fourth-order valence-corrected chi connectivity index (χ4v) is 4.24. The summed E-state index contributed by atoms with van der Waals surface area (Å²) in [7, 11) is 0. The van der Waals surface area contributed by atoms with Crippen molar-refractivity contribution in [3.05, 3.63) is 21.8 Å². The summed E-state index contributed by atoms with van der Waals surface area (Å²) in [5.74, 6) is 1.84. The molecular weight excluding hydrogens is 312 g/mol. The molecule has 1 aliphatic carbocycles. The monoisotopic (exact) mass is 328 g/mol. The topological polar surface area (TPSA) is 16.1 Å². The summed E-state index contributed by atoms with van der Waals surface area (Å²) in [6.45, 7) is 1.11. The van der Waals surface area contributed by atoms with Crippen LogP contribution in [0.2, 0.25) is 5.02 Å². The first-order valence-corrected chi connectivity index (χ1v) is 8.00. The van der Waals surface area contributed by atoms with Crippen LogP contribution in [0.5, 0.6) is 0 Å². The largest absolute Gasteiger partial charge is 0.352 e. The third-order valence-electron chi connectivity index (χ3n) is 4.30. The lowest BCUT2D eigenvalue weighted by Gasteiger charge is -2.30. The summed E-state index contributed by atoms with van der Waals surface area (Å²) in [6.07, 6.45) is 10.00. The van der Waals surface area contributed by atoms with Crippen LogP contribution in [0.3, 0.4) is 0 Å². The van der Waals surface area contributed by atoms with Crippen molar-refractivity contribution in [2.75, 3.05) is 11.4 Å². The number of aromatic nitrogens is 1. The Kier molecular flexibility index (Phi) is 3.81. The first-order valence-electron chi connectivity index (χ1n) is 6.83. The number of hydrogen-bond acceptors (Lipinski definition) is 2. The van der Waals surface area contributed by atoms with Crippen LogP contribution >= 0.6 is 27.5 Å². The van der Waals surface area contributed by atoms with Gasteiger partial charge in [0.25, 0.3) is 0 Å². The number of nitrogens with zero attached hydrogens (tertiary/aromatic N) is 2. The predicted octanol–water partition coefficient (Wildman–Crippen LogP) is 4.66. The van der Waals surface area contributed by atoms with Gasteiger partial charge in [-0.25, -0.2) is 4.98 Å². The maximum absolute atomic E-state index is 6.35. The van der Waals surface area contributed by atoms with Crippen LogP contribution in [0.1, 0.15) is 38.5 Å². The fraction of sp³-hybridized carbons (Fsp3) is 0.643. The number of pyridine rings is 1. The van der Waals surface area contributed by atoms with Gasteiger partial charge in [-0.1, -0.05) is 24.4 Å². The third kappa shape index (κ3) is 2.39. The molecule has 1 aromatic rings. The number of anilines is 1. The molecule has 18 heavy (non-hydrogen) atoms. The number of hydrogen-bond donors (Lipinski definition) is 0. The molecule has 1 atom stereocenters. The van der Waals surface area contributed by atoms with Gasteiger partial charge >= 0.3 is 0 Å². The molecular formula is C14H18BrClN2. The lowest BCUT2D eigenvalue weighted by Crippen LogP contribution is -2.35. The summed E-state index contributed by atoms with van der Waals surface area (Å²) in [6, 6.07) is 2.62. The van der Waals surface area contributed by atoms with Gasteiger partial charge in [-0.05, 0) is 53.6 Å². The summed E-state index contributed by atoms with van der Waals surface area (Å²) < 4.78 is 0.952. The average molecular weight is 330 g/mol. The van der Waals surface area contributed by atoms with Crippen molar-refractivity contribution in [1.82, 2.24) is 4.98 Å². The van der Waals surface area contributed by atoms with Crippen molar-refractivity contribution in [2.24, 2.45) is 5.92 Å². The molecule has 1 unspecified atom stereocenters. The van der Waals surface area contributed by atoms with Gasteiger partial charge in [0.15, 0.2) is 0 Å². The van der Waals surface area contributed by atoms with E-state index in [1.54, 1.807) is 0 Å². The van der Waals surface area contributed by atoms with Gasteiger partial charge in [-0.2, -0.15) is 0 Å². The maximum atomic E-state index is 6.35. The van der Waals surface area contributed by atoms with Crippen molar-refractivity contribution in [3.63, 3.8) is 0 Å². The minimum Gasteiger partial charge on any atom is -0.352 e. The minimum atomic E-state index is 0.665. The Morgan fingerprint density at radius 1 is 1.22 bits per heavy atom. The van der Waals surface area contributed by atoms with E-state index in [1.807, 2.05) is 12.3 Å². The molecule has 1 aliphatic heterocycles. The zero-order chi connectivity index (χ0) is 12.5. The number of halogens is 2. The van der Waals surface area contributed by atoms with Gasteiger partial charge in [-0.15, -0.1) is 0 Å². The highest BCUT2D eigenvalue weighted by Crippen LogP contribution is 2.39. The zero-order valence-electron chi connectivity index (χ0n) is 10.4. The average Bonchev–Trinajstić information content (AvgIpc) is 2.98. The SMILES string of the molecule is Clc1cc(Br)cnc1N1CCCC1C1CCCC1. The van der Waals surface area contributed by atoms with E-state index in [-0.39, 0.29) is 0 Å². The molecule has 0 radical (unpaired) electrons. The first-order chi connectivity index (χ1) is 8.75. The van der Waals surface area contributed by atoms with E-state index in [0.29, 0.717) is 6.04 Å². The molecule has 4 heteroatoms. The van der Waals surface area contributed by atoms with E-state index in [2.05, 4.69) is 25.8 Å². The molecule has 3 rings (SSSR count). The molecule has 98 valence electrons. The Bertz CT molecular complexity index is 432. The van der Waals surface area contributed by atoms with Crippen molar-refractivity contribution in [1.29, 1.82) is 0 Å². The molecule has 0 amide bonds. The second-order valence-electron chi connectivity index (χ2n) is 5.41. The maximum Gasteiger partial charge on any atom is 0.147 e. The van der Waals surface area contributed by atoms with Gasteiger partial charge in [0.1, 0.15) is 5.82 Å². The van der Waals surface area contributed by atoms with Crippen LogP contribution in [-0.2, 0) is 0 Å². The lowest BCUT2D eigenvalue weighted by atomic mass is 9.96. The molecule has 0 aromatic carbocycles. The van der Waals surface area contributed by atoms with Crippen molar-refractivity contribution in [3.8, 4) is 0 Å². The quantitative estimate of drug-likeness (QED) is 0.784. The van der Waals surface area contributed by atoms with Crippen LogP contribution in [0, 0.1) is 5.92 Å². The van der Waals surface area contributed by atoms with E-state index in [1.165, 1.54) is 38.5 Å². The molecule has 2 nitrogen and oxygen atoms in total. The minimum absolute atomic E-state index is 0.665. The molecule has 1 aromatic heterocycles. The van der Waals surface area contributed by atoms with Gasteiger partial charge in [0, 0.05) is 23.3 Å². The van der Waals surface area contributed by atoms with Crippen LogP contribution < -0.4 is 4.90 Å². The Morgan fingerprint density at radius 3 is 2.72 bits per heavy atom. The highest BCUT2D eigenvalue weighted by Gasteiger charge is 2.34. The van der Waals surface area contributed by atoms with Crippen molar-refractivity contribution >= 4 is 33.3 Å². The molecule has 0 N–H and O–H groups in total. The van der Waals surface area contributed by atoms with Crippen molar-refractivity contribution in [2.45, 2.75) is 44.6 Å². The molecule has 2 fully saturated rings. The third-order valence-corrected chi connectivity index (χ3v) is 5.02. The second-order valence-corrected chi connectivity index (χ2v) is 6.73. The van der Waals surface area contributed by atoms with Gasteiger partial charge in [-0.3, -0.25) is 0 Å².